The molecule has 0 atom stereocenters. The first kappa shape index (κ1) is 16.5. The van der Waals surface area contributed by atoms with Crippen LogP contribution in [0.1, 0.15) is 25.7 Å². The molecule has 1 heterocycles. The molecular weight excluding hydrogens is 373 g/mol. The number of aromatic nitrogens is 1. The first-order valence-electron chi connectivity index (χ1n) is 6.46. The van der Waals surface area contributed by atoms with Gasteiger partial charge >= 0.3 is 6.18 Å². The van der Waals surface area contributed by atoms with Crippen LogP contribution >= 0.6 is 27.5 Å². The molecule has 0 aromatic carbocycles. The van der Waals surface area contributed by atoms with Crippen LogP contribution in [0.25, 0.3) is 0 Å². The fourth-order valence-corrected chi connectivity index (χ4v) is 2.87. The Morgan fingerprint density at radius 2 is 1.95 bits per heavy atom. The van der Waals surface area contributed by atoms with E-state index < -0.39 is 18.0 Å². The second-order valence-corrected chi connectivity index (χ2v) is 6.29. The summed E-state index contributed by atoms with van der Waals surface area (Å²) >= 11 is 8.94. The van der Waals surface area contributed by atoms with Gasteiger partial charge in [-0.05, 0) is 47.7 Å². The van der Waals surface area contributed by atoms with Gasteiger partial charge in [0.2, 0.25) is 5.91 Å². The van der Waals surface area contributed by atoms with Crippen molar-refractivity contribution in [3.8, 4) is 0 Å². The molecule has 2 rings (SSSR count). The number of amides is 1. The van der Waals surface area contributed by atoms with Crippen LogP contribution < -0.4 is 5.32 Å². The predicted octanol–water partition coefficient (Wildman–Crippen LogP) is 4.80. The number of pyridine rings is 1. The van der Waals surface area contributed by atoms with Gasteiger partial charge in [-0.25, -0.2) is 4.98 Å². The molecule has 8 heteroatoms. The Kier molecular flexibility index (Phi) is 5.14. The quantitative estimate of drug-likeness (QED) is 0.743. The van der Waals surface area contributed by atoms with E-state index in [2.05, 4.69) is 26.2 Å². The van der Waals surface area contributed by atoms with Gasteiger partial charge in [-0.3, -0.25) is 4.79 Å². The highest BCUT2D eigenvalue weighted by Crippen LogP contribution is 2.39. The van der Waals surface area contributed by atoms with Crippen molar-refractivity contribution in [2.45, 2.75) is 31.9 Å². The van der Waals surface area contributed by atoms with E-state index in [-0.39, 0.29) is 36.7 Å². The van der Waals surface area contributed by atoms with Crippen molar-refractivity contribution >= 4 is 39.1 Å². The summed E-state index contributed by atoms with van der Waals surface area (Å²) in [4.78, 5) is 15.9. The van der Waals surface area contributed by atoms with Crippen molar-refractivity contribution in [3.05, 3.63) is 21.9 Å². The minimum Gasteiger partial charge on any atom is -0.324 e. The van der Waals surface area contributed by atoms with Gasteiger partial charge in [-0.15, -0.1) is 0 Å². The van der Waals surface area contributed by atoms with Crippen LogP contribution in [0, 0.1) is 11.8 Å². The molecule has 0 radical (unpaired) electrons. The fourth-order valence-electron chi connectivity index (χ4n) is 2.42. The molecule has 1 fully saturated rings. The summed E-state index contributed by atoms with van der Waals surface area (Å²) in [5, 5.41) is 2.94. The highest BCUT2D eigenvalue weighted by molar-refractivity contribution is 9.10. The Morgan fingerprint density at radius 1 is 1.33 bits per heavy atom. The molecule has 0 aliphatic heterocycles. The first-order valence-corrected chi connectivity index (χ1v) is 7.63. The SMILES string of the molecule is O=C(Nc1cnc(Cl)c(Br)c1)C1CCC(C(F)(F)F)CC1. The number of anilines is 1. The average molecular weight is 386 g/mol. The molecule has 0 spiro atoms. The van der Waals surface area contributed by atoms with Gasteiger partial charge in [0, 0.05) is 5.92 Å². The number of hydrogen-bond donors (Lipinski definition) is 1. The molecule has 1 aliphatic carbocycles. The molecule has 0 bridgehead atoms. The summed E-state index contributed by atoms with van der Waals surface area (Å²) in [6.07, 6.45) is -2.25. The van der Waals surface area contributed by atoms with Crippen LogP contribution in [-0.4, -0.2) is 17.1 Å². The lowest BCUT2D eigenvalue weighted by atomic mass is 9.81. The van der Waals surface area contributed by atoms with E-state index in [1.54, 1.807) is 6.07 Å². The number of hydrogen-bond acceptors (Lipinski definition) is 2. The molecule has 1 amide bonds. The van der Waals surface area contributed by atoms with Crippen molar-refractivity contribution < 1.29 is 18.0 Å². The summed E-state index contributed by atoms with van der Waals surface area (Å²) in [5.74, 6) is -1.95. The Morgan fingerprint density at radius 3 is 2.48 bits per heavy atom. The van der Waals surface area contributed by atoms with Crippen molar-refractivity contribution in [1.29, 1.82) is 0 Å². The predicted molar refractivity (Wildman–Crippen MR) is 77.1 cm³/mol. The van der Waals surface area contributed by atoms with Crippen LogP contribution in [-0.2, 0) is 4.79 Å². The number of carbonyl (C=O) groups excluding carboxylic acids is 1. The van der Waals surface area contributed by atoms with Crippen molar-refractivity contribution in [2.24, 2.45) is 11.8 Å². The Hall–Kier alpha value is -0.820. The number of nitrogens with one attached hydrogen (secondary N) is 1. The zero-order valence-electron chi connectivity index (χ0n) is 10.9. The Bertz CT molecular complexity index is 531. The second kappa shape index (κ2) is 6.52. The van der Waals surface area contributed by atoms with E-state index in [0.29, 0.717) is 10.2 Å². The zero-order valence-corrected chi connectivity index (χ0v) is 13.2. The van der Waals surface area contributed by atoms with Gasteiger partial charge in [0.05, 0.1) is 22.3 Å². The average Bonchev–Trinajstić information content (AvgIpc) is 2.42. The maximum Gasteiger partial charge on any atom is 0.391 e. The molecule has 0 saturated heterocycles. The van der Waals surface area contributed by atoms with Gasteiger partial charge in [-0.1, -0.05) is 11.6 Å². The molecule has 1 N–H and O–H groups in total. The number of halogens is 5. The van der Waals surface area contributed by atoms with Gasteiger partial charge in [0.25, 0.3) is 0 Å². The number of rotatable bonds is 2. The smallest absolute Gasteiger partial charge is 0.324 e. The molecule has 116 valence electrons. The second-order valence-electron chi connectivity index (χ2n) is 5.08. The summed E-state index contributed by atoms with van der Waals surface area (Å²) < 4.78 is 38.3. The zero-order chi connectivity index (χ0) is 15.6. The summed E-state index contributed by atoms with van der Waals surface area (Å²) in [6.45, 7) is 0. The molecule has 21 heavy (non-hydrogen) atoms. The van der Waals surface area contributed by atoms with Gasteiger partial charge in [0.1, 0.15) is 5.15 Å². The van der Waals surface area contributed by atoms with Crippen LogP contribution in [0.5, 0.6) is 0 Å². The molecule has 0 unspecified atom stereocenters. The third kappa shape index (κ3) is 4.32. The van der Waals surface area contributed by atoms with Crippen LogP contribution in [0.4, 0.5) is 18.9 Å². The number of alkyl halides is 3. The van der Waals surface area contributed by atoms with E-state index in [4.69, 9.17) is 11.6 Å². The number of carbonyl (C=O) groups is 1. The number of nitrogens with zero attached hydrogens (tertiary/aromatic N) is 1. The van der Waals surface area contributed by atoms with E-state index >= 15 is 0 Å². The third-order valence-corrected chi connectivity index (χ3v) is 4.76. The van der Waals surface area contributed by atoms with Gasteiger partial charge in [0.15, 0.2) is 0 Å². The van der Waals surface area contributed by atoms with Crippen LogP contribution in [0.15, 0.2) is 16.7 Å². The van der Waals surface area contributed by atoms with Crippen LogP contribution in [0.3, 0.4) is 0 Å². The highest BCUT2D eigenvalue weighted by atomic mass is 79.9. The maximum atomic E-state index is 12.6. The summed E-state index contributed by atoms with van der Waals surface area (Å²) in [5.41, 5.74) is 0.467. The molecule has 1 saturated carbocycles. The molecule has 3 nitrogen and oxygen atoms in total. The van der Waals surface area contributed by atoms with E-state index in [0.717, 1.165) is 0 Å². The van der Waals surface area contributed by atoms with Crippen LogP contribution in [0.2, 0.25) is 5.15 Å². The van der Waals surface area contributed by atoms with E-state index in [1.165, 1.54) is 6.20 Å². The largest absolute Gasteiger partial charge is 0.391 e. The van der Waals surface area contributed by atoms with E-state index in [1.807, 2.05) is 0 Å². The molecule has 1 aromatic heterocycles. The summed E-state index contributed by atoms with van der Waals surface area (Å²) in [6, 6.07) is 1.61. The minimum atomic E-state index is -4.16. The van der Waals surface area contributed by atoms with Crippen molar-refractivity contribution in [1.82, 2.24) is 4.98 Å². The third-order valence-electron chi connectivity index (χ3n) is 3.62. The first-order chi connectivity index (χ1) is 9.77. The Balaban J connectivity index is 1.92. The molecule has 1 aromatic rings. The minimum absolute atomic E-state index is 0.00412. The molecular formula is C13H13BrClF3N2O. The Labute approximate surface area is 133 Å². The standard InChI is InChI=1S/C13H13BrClF3N2O/c14-10-5-9(6-19-11(10)15)20-12(21)7-1-3-8(4-2-7)13(16,17)18/h5-8H,1-4H2,(H,20,21). The highest BCUT2D eigenvalue weighted by Gasteiger charge is 2.42. The van der Waals surface area contributed by atoms with Crippen molar-refractivity contribution in [2.75, 3.05) is 5.32 Å². The lowest BCUT2D eigenvalue weighted by Gasteiger charge is -2.29. The topological polar surface area (TPSA) is 42.0 Å². The fraction of sp³-hybridized carbons (Fsp3) is 0.538. The molecule has 1 aliphatic rings. The summed E-state index contributed by atoms with van der Waals surface area (Å²) in [7, 11) is 0. The van der Waals surface area contributed by atoms with E-state index in [9.17, 15) is 18.0 Å². The monoisotopic (exact) mass is 384 g/mol. The normalized spacial score (nSPS) is 22.9. The van der Waals surface area contributed by atoms with Gasteiger partial charge < -0.3 is 5.32 Å². The lowest BCUT2D eigenvalue weighted by Crippen LogP contribution is -2.32. The maximum absolute atomic E-state index is 12.6. The lowest BCUT2D eigenvalue weighted by molar-refractivity contribution is -0.184. The van der Waals surface area contributed by atoms with Gasteiger partial charge in [-0.2, -0.15) is 13.2 Å². The van der Waals surface area contributed by atoms with Crippen molar-refractivity contribution in [3.63, 3.8) is 0 Å².